The van der Waals surface area contributed by atoms with Crippen LogP contribution in [0.3, 0.4) is 0 Å². The van der Waals surface area contributed by atoms with Crippen LogP contribution < -0.4 is 11.1 Å². The fourth-order valence-corrected chi connectivity index (χ4v) is 4.17. The zero-order chi connectivity index (χ0) is 17.2. The van der Waals surface area contributed by atoms with Crippen LogP contribution in [0.2, 0.25) is 0 Å². The Labute approximate surface area is 148 Å². The van der Waals surface area contributed by atoms with E-state index in [0.29, 0.717) is 19.5 Å². The molecule has 2 aliphatic carbocycles. The van der Waals surface area contributed by atoms with E-state index < -0.39 is 0 Å². The lowest BCUT2D eigenvalue weighted by molar-refractivity contribution is -0.120. The van der Waals surface area contributed by atoms with Gasteiger partial charge in [0, 0.05) is 13.1 Å². The van der Waals surface area contributed by atoms with Gasteiger partial charge in [-0.2, -0.15) is 0 Å². The Morgan fingerprint density at radius 2 is 2.04 bits per heavy atom. The van der Waals surface area contributed by atoms with E-state index in [4.69, 9.17) is 5.73 Å². The molecule has 0 radical (unpaired) electrons. The summed E-state index contributed by atoms with van der Waals surface area (Å²) in [7, 11) is 0. The van der Waals surface area contributed by atoms with Crippen LogP contribution in [0.1, 0.15) is 36.0 Å². The lowest BCUT2D eigenvalue weighted by Gasteiger charge is -2.26. The molecular formula is C22H24N2O. The number of rotatable bonds is 4. The Bertz CT molecular complexity index is 892. The summed E-state index contributed by atoms with van der Waals surface area (Å²) >= 11 is 0. The summed E-state index contributed by atoms with van der Waals surface area (Å²) in [6.07, 6.45) is 9.54. The summed E-state index contributed by atoms with van der Waals surface area (Å²) in [5.41, 5.74) is 12.4. The highest BCUT2D eigenvalue weighted by Gasteiger charge is 2.22. The molecule has 128 valence electrons. The second-order valence-electron chi connectivity index (χ2n) is 6.88. The number of hydrogen-bond acceptors (Lipinski definition) is 2. The fourth-order valence-electron chi connectivity index (χ4n) is 4.17. The largest absolute Gasteiger partial charge is 0.355 e. The number of allylic oxidation sites excluding steroid dienone is 4. The Morgan fingerprint density at radius 1 is 1.12 bits per heavy atom. The van der Waals surface area contributed by atoms with Crippen molar-refractivity contribution in [2.45, 2.75) is 32.1 Å². The van der Waals surface area contributed by atoms with Crippen LogP contribution in [0.4, 0.5) is 0 Å². The Hall–Kier alpha value is -2.39. The first-order chi connectivity index (χ1) is 12.3. The highest BCUT2D eigenvalue weighted by molar-refractivity contribution is 5.97. The summed E-state index contributed by atoms with van der Waals surface area (Å²) in [6, 6.07) is 10.8. The molecule has 3 N–H and O–H groups in total. The Kier molecular flexibility index (Phi) is 4.41. The number of benzene rings is 2. The minimum atomic E-state index is 0.0452. The minimum Gasteiger partial charge on any atom is -0.355 e. The zero-order valence-electron chi connectivity index (χ0n) is 14.5. The Balaban J connectivity index is 1.80. The third kappa shape index (κ3) is 3.00. The smallest absolute Gasteiger partial charge is 0.224 e. The van der Waals surface area contributed by atoms with Gasteiger partial charge in [0.15, 0.2) is 0 Å². The van der Waals surface area contributed by atoms with Gasteiger partial charge in [-0.05, 0) is 58.7 Å². The summed E-state index contributed by atoms with van der Waals surface area (Å²) in [6.45, 7) is 1.00. The predicted molar refractivity (Wildman–Crippen MR) is 103 cm³/mol. The average Bonchev–Trinajstić information content (AvgIpc) is 2.66. The monoisotopic (exact) mass is 332 g/mol. The summed E-state index contributed by atoms with van der Waals surface area (Å²) < 4.78 is 0. The number of carbonyl (C=O) groups is 1. The van der Waals surface area contributed by atoms with Crippen LogP contribution >= 0.6 is 0 Å². The lowest BCUT2D eigenvalue weighted by atomic mass is 9.78. The fraction of sp³-hybridized carbons (Fsp3) is 0.318. The topological polar surface area (TPSA) is 55.1 Å². The molecule has 0 heterocycles. The number of hydrogen-bond donors (Lipinski definition) is 2. The first kappa shape index (κ1) is 16.1. The molecule has 3 heteroatoms. The number of aryl methyl sites for hydroxylation is 1. The van der Waals surface area contributed by atoms with Crippen molar-refractivity contribution in [2.24, 2.45) is 5.73 Å². The van der Waals surface area contributed by atoms with Gasteiger partial charge in [0.05, 0.1) is 6.42 Å². The van der Waals surface area contributed by atoms with Crippen LogP contribution in [0.15, 0.2) is 48.1 Å². The summed E-state index contributed by atoms with van der Waals surface area (Å²) in [4.78, 5) is 12.2. The van der Waals surface area contributed by atoms with Crippen molar-refractivity contribution in [3.05, 3.63) is 64.7 Å². The molecule has 0 aromatic heterocycles. The molecule has 0 saturated heterocycles. The van der Waals surface area contributed by atoms with Crippen molar-refractivity contribution < 1.29 is 4.79 Å². The van der Waals surface area contributed by atoms with Gasteiger partial charge in [0.1, 0.15) is 0 Å². The summed E-state index contributed by atoms with van der Waals surface area (Å²) in [5.74, 6) is 0.0452. The molecule has 0 atom stereocenters. The molecule has 0 fully saturated rings. The Morgan fingerprint density at radius 3 is 2.92 bits per heavy atom. The van der Waals surface area contributed by atoms with Gasteiger partial charge in [-0.15, -0.1) is 0 Å². The van der Waals surface area contributed by atoms with Gasteiger partial charge >= 0.3 is 0 Å². The van der Waals surface area contributed by atoms with E-state index in [9.17, 15) is 4.79 Å². The van der Waals surface area contributed by atoms with Crippen molar-refractivity contribution >= 4 is 22.3 Å². The maximum absolute atomic E-state index is 12.2. The van der Waals surface area contributed by atoms with Gasteiger partial charge < -0.3 is 11.1 Å². The molecule has 0 spiro atoms. The molecule has 0 bridgehead atoms. The maximum Gasteiger partial charge on any atom is 0.224 e. The highest BCUT2D eigenvalue weighted by Crippen LogP contribution is 2.40. The third-order valence-corrected chi connectivity index (χ3v) is 5.30. The summed E-state index contributed by atoms with van der Waals surface area (Å²) in [5, 5.41) is 5.39. The van der Waals surface area contributed by atoms with Crippen molar-refractivity contribution in [3.8, 4) is 0 Å². The van der Waals surface area contributed by atoms with Gasteiger partial charge in [0.25, 0.3) is 0 Å². The first-order valence-corrected chi connectivity index (χ1v) is 9.17. The molecule has 3 nitrogen and oxygen atoms in total. The average molecular weight is 332 g/mol. The lowest BCUT2D eigenvalue weighted by Crippen LogP contribution is -2.30. The van der Waals surface area contributed by atoms with E-state index in [-0.39, 0.29) is 5.91 Å². The first-order valence-electron chi connectivity index (χ1n) is 9.17. The second kappa shape index (κ2) is 6.85. The van der Waals surface area contributed by atoms with Crippen LogP contribution in [0.25, 0.3) is 16.3 Å². The van der Waals surface area contributed by atoms with E-state index in [0.717, 1.165) is 24.8 Å². The van der Waals surface area contributed by atoms with Crippen molar-refractivity contribution in [2.75, 3.05) is 13.1 Å². The van der Waals surface area contributed by atoms with E-state index in [1.165, 1.54) is 33.9 Å². The standard InChI is InChI=1S/C22H24N2O/c23-12-13-24-21(25)14-17-6-3-5-16-9-10-19-18-7-2-1-4-15(18)8-11-20(19)22(16)17/h2-3,5-7,9-10H,1,4,8,11-14,23H2,(H,24,25). The molecule has 0 unspecified atom stereocenters. The van der Waals surface area contributed by atoms with Gasteiger partial charge in [0.2, 0.25) is 5.91 Å². The molecule has 2 aromatic rings. The third-order valence-electron chi connectivity index (χ3n) is 5.30. The van der Waals surface area contributed by atoms with E-state index in [2.05, 4.69) is 41.7 Å². The van der Waals surface area contributed by atoms with E-state index >= 15 is 0 Å². The SMILES string of the molecule is NCCNC(=O)Cc1cccc2ccc3c(c12)CCC1=C3C=CCC1. The quantitative estimate of drug-likeness (QED) is 0.900. The van der Waals surface area contributed by atoms with Crippen molar-refractivity contribution in [3.63, 3.8) is 0 Å². The molecule has 2 aromatic carbocycles. The van der Waals surface area contributed by atoms with Crippen LogP contribution in [0, 0.1) is 0 Å². The van der Waals surface area contributed by atoms with Gasteiger partial charge in [-0.1, -0.05) is 48.1 Å². The molecule has 2 aliphatic rings. The maximum atomic E-state index is 12.2. The van der Waals surface area contributed by atoms with Crippen LogP contribution in [0.5, 0.6) is 0 Å². The van der Waals surface area contributed by atoms with E-state index in [1.807, 2.05) is 6.07 Å². The van der Waals surface area contributed by atoms with Crippen molar-refractivity contribution in [1.29, 1.82) is 0 Å². The molecule has 25 heavy (non-hydrogen) atoms. The number of fused-ring (bicyclic) bond motifs is 4. The molecular weight excluding hydrogens is 308 g/mol. The molecule has 1 amide bonds. The van der Waals surface area contributed by atoms with Gasteiger partial charge in [-0.25, -0.2) is 0 Å². The van der Waals surface area contributed by atoms with Crippen LogP contribution in [-0.4, -0.2) is 19.0 Å². The van der Waals surface area contributed by atoms with E-state index in [1.54, 1.807) is 5.57 Å². The second-order valence-corrected chi connectivity index (χ2v) is 6.88. The van der Waals surface area contributed by atoms with Gasteiger partial charge in [-0.3, -0.25) is 4.79 Å². The molecule has 0 aliphatic heterocycles. The number of nitrogens with one attached hydrogen (secondary N) is 1. The number of carbonyl (C=O) groups excluding carboxylic acids is 1. The number of nitrogens with two attached hydrogens (primary N) is 1. The van der Waals surface area contributed by atoms with Crippen LogP contribution in [-0.2, 0) is 17.6 Å². The predicted octanol–water partition coefficient (Wildman–Crippen LogP) is 3.51. The van der Waals surface area contributed by atoms with Crippen molar-refractivity contribution in [1.82, 2.24) is 5.32 Å². The molecule has 4 rings (SSSR count). The molecule has 0 saturated carbocycles. The number of amides is 1. The normalized spacial score (nSPS) is 15.9. The zero-order valence-corrected chi connectivity index (χ0v) is 14.5. The minimum absolute atomic E-state index is 0.0452. The highest BCUT2D eigenvalue weighted by atomic mass is 16.1.